The number of benzene rings is 2. The van der Waals surface area contributed by atoms with Crippen LogP contribution in [0.4, 0.5) is 23.7 Å². The second kappa shape index (κ2) is 9.60. The van der Waals surface area contributed by atoms with Crippen molar-refractivity contribution in [2.24, 2.45) is 5.73 Å². The number of aromatic hydroxyl groups is 1. The van der Waals surface area contributed by atoms with E-state index in [-0.39, 0.29) is 30.0 Å². The largest absolute Gasteiger partial charge is 0.507 e. The number of nitrogens with two attached hydrogens (primary N) is 1. The first-order chi connectivity index (χ1) is 16.8. The maximum absolute atomic E-state index is 13.3. The van der Waals surface area contributed by atoms with Crippen molar-refractivity contribution in [3.8, 4) is 23.7 Å². The number of anilines is 1. The Labute approximate surface area is 203 Å². The summed E-state index contributed by atoms with van der Waals surface area (Å²) < 4.78 is 40.0. The van der Waals surface area contributed by atoms with E-state index in [2.05, 4.69) is 11.8 Å². The van der Waals surface area contributed by atoms with Gasteiger partial charge in [0.05, 0.1) is 28.4 Å². The molecule has 12 heteroatoms. The third-order valence-electron chi connectivity index (χ3n) is 5.30. The number of halogens is 3. The van der Waals surface area contributed by atoms with Crippen molar-refractivity contribution in [2.75, 3.05) is 11.5 Å². The highest BCUT2D eigenvalue weighted by Crippen LogP contribution is 2.37. The Kier molecular flexibility index (Phi) is 6.95. The minimum absolute atomic E-state index is 0.0648. The topological polar surface area (TPSA) is 137 Å². The average molecular weight is 500 g/mol. The van der Waals surface area contributed by atoms with Crippen molar-refractivity contribution in [1.82, 2.24) is 5.06 Å². The third kappa shape index (κ3) is 4.94. The Balaban J connectivity index is 1.76. The summed E-state index contributed by atoms with van der Waals surface area (Å²) in [7, 11) is 0. The van der Waals surface area contributed by atoms with E-state index < -0.39 is 40.7 Å². The van der Waals surface area contributed by atoms with Crippen LogP contribution in [0.1, 0.15) is 40.9 Å². The zero-order valence-corrected chi connectivity index (χ0v) is 19.0. The van der Waals surface area contributed by atoms with Crippen LogP contribution in [0.15, 0.2) is 36.4 Å². The highest BCUT2D eigenvalue weighted by Gasteiger charge is 2.53. The molecule has 2 aromatic carbocycles. The molecule has 0 aromatic heterocycles. The maximum Gasteiger partial charge on any atom is 0.417 e. The van der Waals surface area contributed by atoms with E-state index >= 15 is 0 Å². The molecule has 1 fully saturated rings. The van der Waals surface area contributed by atoms with Gasteiger partial charge in [-0.3, -0.25) is 14.4 Å². The van der Waals surface area contributed by atoms with Crippen LogP contribution in [-0.2, 0) is 22.2 Å². The molecule has 2 aromatic rings. The van der Waals surface area contributed by atoms with Gasteiger partial charge in [0.1, 0.15) is 17.9 Å². The van der Waals surface area contributed by atoms with Crippen molar-refractivity contribution in [3.63, 3.8) is 0 Å². The first-order valence-corrected chi connectivity index (χ1v) is 10.3. The highest BCUT2D eigenvalue weighted by molar-refractivity contribution is 6.22. The molecule has 9 nitrogen and oxygen atoms in total. The van der Waals surface area contributed by atoms with Crippen molar-refractivity contribution in [2.45, 2.75) is 32.0 Å². The molecule has 1 aliphatic heterocycles. The number of carbonyl (C=O) groups excluding carboxylic acids is 3. The molecule has 1 heterocycles. The van der Waals surface area contributed by atoms with E-state index in [4.69, 9.17) is 15.8 Å². The van der Waals surface area contributed by atoms with Gasteiger partial charge in [-0.15, -0.1) is 0 Å². The Bertz CT molecular complexity index is 1350. The summed E-state index contributed by atoms with van der Waals surface area (Å²) >= 11 is 0. The van der Waals surface area contributed by atoms with Crippen LogP contribution in [-0.4, -0.2) is 40.2 Å². The van der Waals surface area contributed by atoms with Gasteiger partial charge in [0, 0.05) is 6.42 Å². The lowest BCUT2D eigenvalue weighted by Gasteiger charge is -2.25. The second-order valence-corrected chi connectivity index (χ2v) is 8.14. The molecule has 4 amide bonds. The normalized spacial score (nSPS) is 14.9. The van der Waals surface area contributed by atoms with Crippen molar-refractivity contribution >= 4 is 23.5 Å². The number of nitrogens with zero attached hydrogens (tertiary/aromatic N) is 3. The smallest absolute Gasteiger partial charge is 0.417 e. The summed E-state index contributed by atoms with van der Waals surface area (Å²) in [5.41, 5.74) is 1.85. The summed E-state index contributed by atoms with van der Waals surface area (Å²) in [6.07, 6.45) is -4.72. The van der Waals surface area contributed by atoms with Gasteiger partial charge in [-0.05, 0) is 49.7 Å². The van der Waals surface area contributed by atoms with E-state index in [9.17, 15) is 32.7 Å². The molecule has 0 atom stereocenters. The SMILES string of the molecule is CC1(C)C(=O)N(c2ccc(C#N)c(C(F)(F)F)c2)C(=O)N1OCC#CCc1ccc(O)c(C(N)=O)c1. The van der Waals surface area contributed by atoms with Crippen molar-refractivity contribution in [1.29, 1.82) is 5.26 Å². The molecule has 3 N–H and O–H groups in total. The number of nitriles is 1. The molecule has 1 saturated heterocycles. The Morgan fingerprint density at radius 1 is 1.17 bits per heavy atom. The summed E-state index contributed by atoms with van der Waals surface area (Å²) in [5, 5.41) is 19.3. The Morgan fingerprint density at radius 2 is 1.86 bits per heavy atom. The van der Waals surface area contributed by atoms with Crippen LogP contribution in [0.25, 0.3) is 0 Å². The number of rotatable bonds is 5. The standard InChI is InChI=1S/C24H19F3N4O5/c1-23(2)21(34)30(16-8-7-15(13-28)18(12-16)24(25,26)27)22(35)31(23)36-10-4-3-5-14-6-9-19(32)17(11-14)20(29)33/h6-9,11-12,32H,5,10H2,1-2H3,(H2,29,33). The van der Waals surface area contributed by atoms with E-state index in [1.807, 2.05) is 0 Å². The fourth-order valence-electron chi connectivity index (χ4n) is 3.43. The molecule has 0 bridgehead atoms. The molecule has 0 saturated carbocycles. The zero-order valence-electron chi connectivity index (χ0n) is 19.0. The predicted molar refractivity (Wildman–Crippen MR) is 119 cm³/mol. The quantitative estimate of drug-likeness (QED) is 0.478. The number of phenols is 1. The van der Waals surface area contributed by atoms with Crippen LogP contribution < -0.4 is 10.6 Å². The van der Waals surface area contributed by atoms with Crippen molar-refractivity contribution < 1.29 is 37.5 Å². The van der Waals surface area contributed by atoms with Gasteiger partial charge in [-0.2, -0.15) is 23.5 Å². The highest BCUT2D eigenvalue weighted by atomic mass is 19.4. The van der Waals surface area contributed by atoms with Crippen molar-refractivity contribution in [3.05, 3.63) is 58.7 Å². The van der Waals surface area contributed by atoms with Crippen LogP contribution in [0.5, 0.6) is 5.75 Å². The number of hydrogen-bond acceptors (Lipinski definition) is 6. The number of hydrogen-bond donors (Lipinski definition) is 2. The van der Waals surface area contributed by atoms with Crippen LogP contribution in [0, 0.1) is 23.2 Å². The lowest BCUT2D eigenvalue weighted by atomic mass is 10.0. The fraction of sp³-hybridized carbons (Fsp3) is 0.250. The van der Waals surface area contributed by atoms with E-state index in [0.717, 1.165) is 17.2 Å². The molecule has 36 heavy (non-hydrogen) atoms. The molecule has 0 aliphatic carbocycles. The number of imide groups is 1. The van der Waals surface area contributed by atoms with Gasteiger partial charge in [0.15, 0.2) is 0 Å². The minimum Gasteiger partial charge on any atom is -0.507 e. The number of alkyl halides is 3. The van der Waals surface area contributed by atoms with Gasteiger partial charge in [-0.25, -0.2) is 9.69 Å². The minimum atomic E-state index is -4.87. The number of carbonyl (C=O) groups is 3. The fourth-order valence-corrected chi connectivity index (χ4v) is 3.43. The predicted octanol–water partition coefficient (Wildman–Crippen LogP) is 3.11. The zero-order chi connectivity index (χ0) is 26.8. The van der Waals surface area contributed by atoms with Crippen LogP contribution in [0.3, 0.4) is 0 Å². The Morgan fingerprint density at radius 3 is 2.47 bits per heavy atom. The summed E-state index contributed by atoms with van der Waals surface area (Å²) in [6, 6.07) is 7.14. The molecule has 3 rings (SSSR count). The monoisotopic (exact) mass is 500 g/mol. The lowest BCUT2D eigenvalue weighted by molar-refractivity contribution is -0.158. The molecule has 0 spiro atoms. The Hall–Kier alpha value is -4.55. The van der Waals surface area contributed by atoms with Gasteiger partial charge in [0.25, 0.3) is 11.8 Å². The second-order valence-electron chi connectivity index (χ2n) is 8.14. The summed E-state index contributed by atoms with van der Waals surface area (Å²) in [4.78, 5) is 43.0. The number of hydroxylamine groups is 2. The molecule has 0 radical (unpaired) electrons. The van der Waals surface area contributed by atoms with Gasteiger partial charge in [0.2, 0.25) is 0 Å². The van der Waals surface area contributed by atoms with Gasteiger partial charge >= 0.3 is 12.2 Å². The summed E-state index contributed by atoms with van der Waals surface area (Å²) in [6.45, 7) is 2.38. The van der Waals surface area contributed by atoms with Crippen LogP contribution in [0.2, 0.25) is 0 Å². The average Bonchev–Trinajstić information content (AvgIpc) is 2.97. The van der Waals surface area contributed by atoms with E-state index in [1.165, 1.54) is 38.1 Å². The van der Waals surface area contributed by atoms with Gasteiger partial charge < -0.3 is 10.8 Å². The molecule has 1 aliphatic rings. The molecule has 0 unspecified atom stereocenters. The van der Waals surface area contributed by atoms with Crippen LogP contribution >= 0.6 is 0 Å². The lowest BCUT2D eigenvalue weighted by Crippen LogP contribution is -2.44. The maximum atomic E-state index is 13.3. The molecule has 186 valence electrons. The summed E-state index contributed by atoms with van der Waals surface area (Å²) in [5.74, 6) is 3.47. The first-order valence-electron chi connectivity index (χ1n) is 10.3. The van der Waals surface area contributed by atoms with E-state index in [1.54, 1.807) is 0 Å². The molecular weight excluding hydrogens is 481 g/mol. The first kappa shape index (κ1) is 26.1. The number of primary amides is 1. The third-order valence-corrected chi connectivity index (χ3v) is 5.30. The van der Waals surface area contributed by atoms with E-state index in [0.29, 0.717) is 16.5 Å². The van der Waals surface area contributed by atoms with Gasteiger partial charge in [-0.1, -0.05) is 17.9 Å². The number of amides is 4. The number of urea groups is 1. The molecular formula is C24H19F3N4O5.